The molecule has 0 N–H and O–H groups in total. The second-order valence-corrected chi connectivity index (χ2v) is 14.8. The minimum absolute atomic E-state index is 0.661. The molecular formula is C36H50OS. The SMILES string of the molecule is O=S(c1cc(C2CCCCC2)cc(C2CCCCC2)c1)c1cc(C2CCCCC2)cc(C2CCCCC2)c1. The molecule has 4 aliphatic rings. The van der Waals surface area contributed by atoms with E-state index in [2.05, 4.69) is 36.4 Å². The number of benzene rings is 2. The lowest BCUT2D eigenvalue weighted by Gasteiger charge is -2.28. The van der Waals surface area contributed by atoms with Crippen molar-refractivity contribution in [3.8, 4) is 0 Å². The molecule has 4 aliphatic carbocycles. The molecule has 0 aromatic heterocycles. The van der Waals surface area contributed by atoms with E-state index in [0.29, 0.717) is 23.7 Å². The Balaban J connectivity index is 1.37. The van der Waals surface area contributed by atoms with Gasteiger partial charge in [-0.1, -0.05) is 89.2 Å². The fourth-order valence-corrected chi connectivity index (χ4v) is 9.57. The average Bonchev–Trinajstić information content (AvgIpc) is 3.02. The van der Waals surface area contributed by atoms with E-state index in [1.807, 2.05) is 0 Å². The summed E-state index contributed by atoms with van der Waals surface area (Å²) in [7, 11) is -1.11. The van der Waals surface area contributed by atoms with Crippen LogP contribution >= 0.6 is 0 Å². The third-order valence-electron chi connectivity index (χ3n) is 10.6. The highest BCUT2D eigenvalue weighted by Gasteiger charge is 2.25. The Morgan fingerprint density at radius 1 is 0.368 bits per heavy atom. The Hall–Kier alpha value is -1.41. The molecule has 0 radical (unpaired) electrons. The number of hydrogen-bond acceptors (Lipinski definition) is 1. The summed E-state index contributed by atoms with van der Waals surface area (Å²) in [6.07, 6.45) is 26.8. The number of hydrogen-bond donors (Lipinski definition) is 0. The van der Waals surface area contributed by atoms with Crippen LogP contribution in [0, 0.1) is 0 Å². The van der Waals surface area contributed by atoms with Gasteiger partial charge in [-0.2, -0.15) is 0 Å². The van der Waals surface area contributed by atoms with E-state index in [1.165, 1.54) is 151 Å². The second-order valence-electron chi connectivity index (χ2n) is 13.3. The van der Waals surface area contributed by atoms with Gasteiger partial charge in [-0.15, -0.1) is 0 Å². The van der Waals surface area contributed by atoms with Crippen LogP contribution < -0.4 is 0 Å². The zero-order chi connectivity index (χ0) is 25.7. The molecule has 206 valence electrons. The van der Waals surface area contributed by atoms with Crippen LogP contribution in [0.25, 0.3) is 0 Å². The van der Waals surface area contributed by atoms with E-state index in [4.69, 9.17) is 0 Å². The highest BCUT2D eigenvalue weighted by molar-refractivity contribution is 7.85. The third-order valence-corrected chi connectivity index (χ3v) is 12.0. The van der Waals surface area contributed by atoms with Crippen molar-refractivity contribution in [3.05, 3.63) is 58.7 Å². The summed E-state index contributed by atoms with van der Waals surface area (Å²) >= 11 is 0. The van der Waals surface area contributed by atoms with Crippen molar-refractivity contribution in [2.45, 2.75) is 162 Å². The molecule has 0 atom stereocenters. The molecule has 4 saturated carbocycles. The quantitative estimate of drug-likeness (QED) is 0.363. The lowest BCUT2D eigenvalue weighted by Crippen LogP contribution is -2.11. The van der Waals surface area contributed by atoms with Gasteiger partial charge in [-0.3, -0.25) is 0 Å². The van der Waals surface area contributed by atoms with Crippen LogP contribution in [0.4, 0.5) is 0 Å². The van der Waals surface area contributed by atoms with Gasteiger partial charge in [-0.05, 0) is 122 Å². The largest absolute Gasteiger partial charge is 0.249 e. The van der Waals surface area contributed by atoms with Crippen molar-refractivity contribution < 1.29 is 4.21 Å². The van der Waals surface area contributed by atoms with Gasteiger partial charge in [0.05, 0.1) is 10.8 Å². The van der Waals surface area contributed by atoms with Crippen molar-refractivity contribution >= 4 is 10.8 Å². The molecule has 38 heavy (non-hydrogen) atoms. The highest BCUT2D eigenvalue weighted by Crippen LogP contribution is 2.41. The maximum Gasteiger partial charge on any atom is 0.0849 e. The second kappa shape index (κ2) is 12.8. The van der Waals surface area contributed by atoms with Gasteiger partial charge < -0.3 is 0 Å². The Morgan fingerprint density at radius 3 is 0.842 bits per heavy atom. The first-order valence-electron chi connectivity index (χ1n) is 16.5. The first kappa shape index (κ1) is 26.8. The zero-order valence-corrected chi connectivity index (χ0v) is 24.5. The molecule has 4 fully saturated rings. The molecule has 0 heterocycles. The lowest BCUT2D eigenvalue weighted by molar-refractivity contribution is 0.434. The van der Waals surface area contributed by atoms with Crippen LogP contribution in [0.5, 0.6) is 0 Å². The van der Waals surface area contributed by atoms with Crippen molar-refractivity contribution in [2.24, 2.45) is 0 Å². The van der Waals surface area contributed by atoms with Crippen LogP contribution in [0.3, 0.4) is 0 Å². The normalized spacial score (nSPS) is 23.2. The maximum atomic E-state index is 14.5. The van der Waals surface area contributed by atoms with Gasteiger partial charge in [-0.25, -0.2) is 4.21 Å². The molecule has 0 spiro atoms. The summed E-state index contributed by atoms with van der Waals surface area (Å²) in [5, 5.41) is 0. The van der Waals surface area contributed by atoms with Crippen molar-refractivity contribution in [3.63, 3.8) is 0 Å². The fraction of sp³-hybridized carbons (Fsp3) is 0.667. The summed E-state index contributed by atoms with van der Waals surface area (Å²) < 4.78 is 14.5. The van der Waals surface area contributed by atoms with Gasteiger partial charge in [0.25, 0.3) is 0 Å². The topological polar surface area (TPSA) is 17.1 Å². The van der Waals surface area contributed by atoms with Crippen LogP contribution in [-0.4, -0.2) is 4.21 Å². The van der Waals surface area contributed by atoms with E-state index in [9.17, 15) is 4.21 Å². The number of rotatable bonds is 6. The van der Waals surface area contributed by atoms with Gasteiger partial charge in [0, 0.05) is 9.79 Å². The molecule has 0 unspecified atom stereocenters. The molecule has 0 bridgehead atoms. The molecule has 0 aliphatic heterocycles. The maximum absolute atomic E-state index is 14.5. The van der Waals surface area contributed by atoms with E-state index in [-0.39, 0.29) is 0 Å². The molecule has 2 aromatic rings. The van der Waals surface area contributed by atoms with Crippen LogP contribution in [0.2, 0.25) is 0 Å². The van der Waals surface area contributed by atoms with E-state index >= 15 is 0 Å². The predicted octanol–water partition coefficient (Wildman–Crippen LogP) is 11.0. The van der Waals surface area contributed by atoms with Crippen LogP contribution in [0.1, 0.15) is 174 Å². The van der Waals surface area contributed by atoms with E-state index < -0.39 is 10.8 Å². The summed E-state index contributed by atoms with van der Waals surface area (Å²) in [5.74, 6) is 2.65. The standard InChI is InChI=1S/C36H50OS/c37-38(35-23-31(27-13-5-1-6-14-27)21-32(24-35)28-15-7-2-8-16-28)36-25-33(29-17-9-3-10-18-29)22-34(26-36)30-19-11-4-12-20-30/h21-30H,1-20H2. The summed E-state index contributed by atoms with van der Waals surface area (Å²) in [4.78, 5) is 2.17. The van der Waals surface area contributed by atoms with Crippen molar-refractivity contribution in [1.29, 1.82) is 0 Å². The van der Waals surface area contributed by atoms with Crippen LogP contribution in [-0.2, 0) is 10.8 Å². The monoisotopic (exact) mass is 530 g/mol. The van der Waals surface area contributed by atoms with Gasteiger partial charge in [0.1, 0.15) is 0 Å². The molecule has 0 saturated heterocycles. The van der Waals surface area contributed by atoms with E-state index in [1.54, 1.807) is 0 Å². The highest BCUT2D eigenvalue weighted by atomic mass is 32.2. The van der Waals surface area contributed by atoms with Crippen molar-refractivity contribution in [2.75, 3.05) is 0 Å². The van der Waals surface area contributed by atoms with Crippen LogP contribution in [0.15, 0.2) is 46.2 Å². The Kier molecular flexibility index (Phi) is 9.05. The molecule has 1 nitrogen and oxygen atoms in total. The first-order chi connectivity index (χ1) is 18.7. The Bertz CT molecular complexity index is 921. The smallest absolute Gasteiger partial charge is 0.0849 e. The summed E-state index contributed by atoms with van der Waals surface area (Å²) in [6, 6.07) is 14.5. The lowest BCUT2D eigenvalue weighted by atomic mass is 9.80. The van der Waals surface area contributed by atoms with E-state index in [0.717, 1.165) is 9.79 Å². The molecule has 6 rings (SSSR count). The minimum atomic E-state index is -1.11. The zero-order valence-electron chi connectivity index (χ0n) is 23.7. The van der Waals surface area contributed by atoms with Gasteiger partial charge >= 0.3 is 0 Å². The molecular weight excluding hydrogens is 480 g/mol. The molecule has 0 amide bonds. The van der Waals surface area contributed by atoms with Gasteiger partial charge in [0.15, 0.2) is 0 Å². The summed E-state index contributed by atoms with van der Waals surface area (Å²) in [5.41, 5.74) is 5.97. The Morgan fingerprint density at radius 2 is 0.605 bits per heavy atom. The fourth-order valence-electron chi connectivity index (χ4n) is 8.33. The van der Waals surface area contributed by atoms with Crippen molar-refractivity contribution in [1.82, 2.24) is 0 Å². The summed E-state index contributed by atoms with van der Waals surface area (Å²) in [6.45, 7) is 0. The predicted molar refractivity (Wildman–Crippen MR) is 161 cm³/mol. The third kappa shape index (κ3) is 6.32. The molecule has 2 heteroatoms. The Labute approximate surface area is 235 Å². The van der Waals surface area contributed by atoms with Gasteiger partial charge in [0.2, 0.25) is 0 Å². The molecule has 2 aromatic carbocycles. The first-order valence-corrected chi connectivity index (χ1v) is 17.6. The minimum Gasteiger partial charge on any atom is -0.249 e. The average molecular weight is 531 g/mol.